The zero-order valence-corrected chi connectivity index (χ0v) is 16.2. The van der Waals surface area contributed by atoms with Crippen molar-refractivity contribution in [3.63, 3.8) is 0 Å². The molecule has 0 aliphatic carbocycles. The molecule has 2 aromatic carbocycles. The monoisotopic (exact) mass is 418 g/mol. The summed E-state index contributed by atoms with van der Waals surface area (Å²) in [4.78, 5) is 46.5. The fourth-order valence-electron chi connectivity index (χ4n) is 2.45. The first-order valence-electron chi connectivity index (χ1n) is 8.82. The topological polar surface area (TPSA) is 125 Å². The van der Waals surface area contributed by atoms with Gasteiger partial charge in [-0.05, 0) is 37.3 Å². The number of anilines is 1. The van der Waals surface area contributed by atoms with Gasteiger partial charge in [-0.15, -0.1) is 0 Å². The molecule has 0 fully saturated rings. The third-order valence-electron chi connectivity index (χ3n) is 4.05. The molecule has 9 nitrogen and oxygen atoms in total. The summed E-state index contributed by atoms with van der Waals surface area (Å²) in [5.41, 5.74) is 0.0499. The van der Waals surface area contributed by atoms with Crippen molar-refractivity contribution in [2.75, 3.05) is 12.4 Å². The van der Waals surface area contributed by atoms with Crippen molar-refractivity contribution in [2.24, 2.45) is 0 Å². The van der Waals surface area contributed by atoms with Gasteiger partial charge in [-0.3, -0.25) is 24.5 Å². The van der Waals surface area contributed by atoms with Crippen LogP contribution in [0.25, 0.3) is 0 Å². The Morgan fingerprint density at radius 1 is 1.13 bits per heavy atom. The normalized spacial score (nSPS) is 11.3. The average molecular weight is 418 g/mol. The van der Waals surface area contributed by atoms with Gasteiger partial charge in [-0.25, -0.2) is 4.39 Å². The van der Waals surface area contributed by atoms with E-state index in [9.17, 15) is 28.9 Å². The van der Waals surface area contributed by atoms with Crippen LogP contribution in [0.4, 0.5) is 15.8 Å². The molecular formula is C20H19FN2O7. The number of hydrogen-bond acceptors (Lipinski definition) is 7. The Balaban J connectivity index is 1.91. The number of nitrogens with zero attached hydrogens (tertiary/aromatic N) is 1. The van der Waals surface area contributed by atoms with Crippen molar-refractivity contribution in [1.29, 1.82) is 0 Å². The fraction of sp³-hybridized carbons (Fsp3) is 0.250. The van der Waals surface area contributed by atoms with Gasteiger partial charge in [-0.1, -0.05) is 0 Å². The van der Waals surface area contributed by atoms with Crippen molar-refractivity contribution >= 4 is 29.0 Å². The molecule has 2 aromatic rings. The highest BCUT2D eigenvalue weighted by molar-refractivity contribution is 5.98. The summed E-state index contributed by atoms with van der Waals surface area (Å²) in [6.45, 7) is 1.32. The quantitative estimate of drug-likeness (QED) is 0.287. The van der Waals surface area contributed by atoms with Crippen LogP contribution in [0, 0.1) is 15.9 Å². The first kappa shape index (κ1) is 22.5. The van der Waals surface area contributed by atoms with E-state index >= 15 is 0 Å². The SMILES string of the molecule is COc1ccc([N+](=O)[O-])cc1NC(=O)[C@H](C)OC(=O)CCC(=O)c1ccc(F)cc1. The lowest BCUT2D eigenvalue weighted by atomic mass is 10.1. The molecule has 158 valence electrons. The summed E-state index contributed by atoms with van der Waals surface area (Å²) >= 11 is 0. The molecular weight excluding hydrogens is 399 g/mol. The van der Waals surface area contributed by atoms with Crippen LogP contribution in [-0.2, 0) is 14.3 Å². The summed E-state index contributed by atoms with van der Waals surface area (Å²) in [5, 5.41) is 13.3. The molecule has 0 radical (unpaired) electrons. The number of benzene rings is 2. The Hall–Kier alpha value is -3.82. The number of non-ortho nitro benzene ring substituents is 1. The number of carbonyl (C=O) groups is 3. The van der Waals surface area contributed by atoms with Crippen molar-refractivity contribution in [2.45, 2.75) is 25.9 Å². The number of hydrogen-bond donors (Lipinski definition) is 1. The first-order valence-corrected chi connectivity index (χ1v) is 8.82. The van der Waals surface area contributed by atoms with E-state index in [0.29, 0.717) is 0 Å². The molecule has 2 rings (SSSR count). The number of esters is 1. The molecule has 0 unspecified atom stereocenters. The molecule has 0 saturated carbocycles. The third kappa shape index (κ3) is 6.09. The molecule has 0 aliphatic rings. The zero-order chi connectivity index (χ0) is 22.3. The molecule has 1 amide bonds. The maximum atomic E-state index is 12.9. The van der Waals surface area contributed by atoms with Crippen LogP contribution in [0.1, 0.15) is 30.1 Å². The number of rotatable bonds is 9. The highest BCUT2D eigenvalue weighted by Crippen LogP contribution is 2.29. The van der Waals surface area contributed by atoms with Gasteiger partial charge in [0.05, 0.1) is 24.1 Å². The van der Waals surface area contributed by atoms with Crippen LogP contribution in [0.5, 0.6) is 5.75 Å². The number of halogens is 1. The Kier molecular flexibility index (Phi) is 7.56. The molecule has 0 aromatic heterocycles. The maximum Gasteiger partial charge on any atom is 0.307 e. The minimum atomic E-state index is -1.22. The number of ether oxygens (including phenoxy) is 2. The second-order valence-corrected chi connectivity index (χ2v) is 6.19. The minimum Gasteiger partial charge on any atom is -0.495 e. The standard InChI is InChI=1S/C20H19FN2O7/c1-12(20(26)22-16-11-15(23(27)28)7-9-18(16)29-2)30-19(25)10-8-17(24)13-3-5-14(21)6-4-13/h3-7,9,11-12H,8,10H2,1-2H3,(H,22,26)/t12-/m0/s1. The van der Waals surface area contributed by atoms with Gasteiger partial charge in [0.2, 0.25) is 0 Å². The van der Waals surface area contributed by atoms with E-state index in [0.717, 1.165) is 18.2 Å². The second-order valence-electron chi connectivity index (χ2n) is 6.19. The van der Waals surface area contributed by atoms with Gasteiger partial charge in [0.15, 0.2) is 11.9 Å². The Morgan fingerprint density at radius 3 is 2.40 bits per heavy atom. The molecule has 0 aliphatic heterocycles. The average Bonchev–Trinajstić information content (AvgIpc) is 2.72. The fourth-order valence-corrected chi connectivity index (χ4v) is 2.45. The summed E-state index contributed by atoms with van der Waals surface area (Å²) < 4.78 is 22.9. The van der Waals surface area contributed by atoms with Gasteiger partial charge in [0.25, 0.3) is 11.6 Å². The van der Waals surface area contributed by atoms with Crippen molar-refractivity contribution in [3.8, 4) is 5.75 Å². The Morgan fingerprint density at radius 2 is 1.80 bits per heavy atom. The highest BCUT2D eigenvalue weighted by Gasteiger charge is 2.21. The van der Waals surface area contributed by atoms with Gasteiger partial charge < -0.3 is 14.8 Å². The van der Waals surface area contributed by atoms with E-state index in [4.69, 9.17) is 9.47 Å². The smallest absolute Gasteiger partial charge is 0.307 e. The first-order chi connectivity index (χ1) is 14.2. The molecule has 30 heavy (non-hydrogen) atoms. The summed E-state index contributed by atoms with van der Waals surface area (Å²) in [6, 6.07) is 8.56. The lowest BCUT2D eigenvalue weighted by molar-refractivity contribution is -0.384. The summed E-state index contributed by atoms with van der Waals surface area (Å²) in [6.07, 6.45) is -1.66. The van der Waals surface area contributed by atoms with Crippen LogP contribution >= 0.6 is 0 Å². The van der Waals surface area contributed by atoms with E-state index in [-0.39, 0.29) is 41.3 Å². The Labute approximate surface area is 170 Å². The second kappa shape index (κ2) is 10.1. The summed E-state index contributed by atoms with van der Waals surface area (Å²) in [7, 11) is 1.33. The van der Waals surface area contributed by atoms with Gasteiger partial charge in [-0.2, -0.15) is 0 Å². The summed E-state index contributed by atoms with van der Waals surface area (Å²) in [5.74, 6) is -2.17. The van der Waals surface area contributed by atoms with Crippen LogP contribution in [0.2, 0.25) is 0 Å². The van der Waals surface area contributed by atoms with Crippen LogP contribution in [0.3, 0.4) is 0 Å². The van der Waals surface area contributed by atoms with Crippen LogP contribution < -0.4 is 10.1 Å². The van der Waals surface area contributed by atoms with E-state index in [1.807, 2.05) is 0 Å². The zero-order valence-electron chi connectivity index (χ0n) is 16.2. The van der Waals surface area contributed by atoms with Gasteiger partial charge in [0, 0.05) is 24.1 Å². The van der Waals surface area contributed by atoms with Gasteiger partial charge in [0.1, 0.15) is 11.6 Å². The van der Waals surface area contributed by atoms with Crippen molar-refractivity contribution in [1.82, 2.24) is 0 Å². The molecule has 10 heteroatoms. The van der Waals surface area contributed by atoms with E-state index < -0.39 is 28.7 Å². The van der Waals surface area contributed by atoms with Gasteiger partial charge >= 0.3 is 5.97 Å². The lowest BCUT2D eigenvalue weighted by Crippen LogP contribution is -2.30. The minimum absolute atomic E-state index is 0.0473. The molecule has 0 heterocycles. The molecule has 0 bridgehead atoms. The Bertz CT molecular complexity index is 960. The molecule has 1 N–H and O–H groups in total. The van der Waals surface area contributed by atoms with E-state index in [1.165, 1.54) is 38.3 Å². The largest absolute Gasteiger partial charge is 0.495 e. The third-order valence-corrected chi connectivity index (χ3v) is 4.05. The van der Waals surface area contributed by atoms with Crippen molar-refractivity contribution < 1.29 is 33.2 Å². The molecule has 1 atom stereocenters. The predicted molar refractivity (Wildman–Crippen MR) is 104 cm³/mol. The maximum absolute atomic E-state index is 12.9. The number of nitrogens with one attached hydrogen (secondary N) is 1. The van der Waals surface area contributed by atoms with Crippen LogP contribution in [0.15, 0.2) is 42.5 Å². The number of ketones is 1. The number of amides is 1. The van der Waals surface area contributed by atoms with Crippen LogP contribution in [-0.4, -0.2) is 35.8 Å². The van der Waals surface area contributed by atoms with E-state index in [1.54, 1.807) is 0 Å². The highest BCUT2D eigenvalue weighted by atomic mass is 19.1. The number of Topliss-reactive ketones (excluding diaryl/α,β-unsaturated/α-hetero) is 1. The molecule has 0 spiro atoms. The van der Waals surface area contributed by atoms with E-state index in [2.05, 4.69) is 5.32 Å². The lowest BCUT2D eigenvalue weighted by Gasteiger charge is -2.15. The molecule has 0 saturated heterocycles. The number of nitro benzene ring substituents is 1. The number of nitro groups is 1. The predicted octanol–water partition coefficient (Wildman–Crippen LogP) is 3.28. The van der Waals surface area contributed by atoms with Crippen molar-refractivity contribution in [3.05, 3.63) is 64.0 Å². The number of carbonyl (C=O) groups excluding carboxylic acids is 3. The number of methoxy groups -OCH3 is 1.